The largest absolute Gasteiger partial charge is 0.312 e. The second kappa shape index (κ2) is 8.18. The van der Waals surface area contributed by atoms with Gasteiger partial charge >= 0.3 is 0 Å². The second-order valence-corrected chi connectivity index (χ2v) is 3.88. The second-order valence-electron chi connectivity index (χ2n) is 3.88. The van der Waals surface area contributed by atoms with E-state index in [0.29, 0.717) is 6.42 Å². The van der Waals surface area contributed by atoms with Crippen LogP contribution in [0, 0.1) is 0 Å². The monoisotopic (exact) mass is 207 g/mol. The van der Waals surface area contributed by atoms with Crippen molar-refractivity contribution >= 4 is 5.78 Å². The van der Waals surface area contributed by atoms with Crippen LogP contribution in [-0.2, 0) is 0 Å². The van der Waals surface area contributed by atoms with Crippen molar-refractivity contribution in [3.05, 3.63) is 35.9 Å². The first kappa shape index (κ1) is 13.8. The lowest BCUT2D eigenvalue weighted by Gasteiger charge is -1.96. The van der Waals surface area contributed by atoms with Crippen molar-refractivity contribution in [2.45, 2.75) is 19.8 Å². The normalized spacial score (nSPS) is 9.40. The number of hydrogen-bond donors (Lipinski definition) is 0. The number of rotatable bonds is 3. The van der Waals surface area contributed by atoms with E-state index < -0.39 is 0 Å². The van der Waals surface area contributed by atoms with Crippen molar-refractivity contribution in [1.29, 1.82) is 0 Å². The molecular formula is C13H21NO. The minimum atomic E-state index is 0.244. The molecule has 0 bridgehead atoms. The quantitative estimate of drug-likeness (QED) is 0.710. The van der Waals surface area contributed by atoms with Crippen LogP contribution in [0.5, 0.6) is 0 Å². The van der Waals surface area contributed by atoms with Gasteiger partial charge in [0.25, 0.3) is 0 Å². The molecule has 0 unspecified atom stereocenters. The summed E-state index contributed by atoms with van der Waals surface area (Å²) in [6, 6.07) is 9.42. The predicted octanol–water partition coefficient (Wildman–Crippen LogP) is 2.85. The minimum absolute atomic E-state index is 0.244. The van der Waals surface area contributed by atoms with E-state index >= 15 is 0 Å². The highest BCUT2D eigenvalue weighted by Crippen LogP contribution is 2.03. The van der Waals surface area contributed by atoms with Gasteiger partial charge in [0.1, 0.15) is 0 Å². The molecule has 0 aliphatic heterocycles. The Balaban J connectivity index is 0.000000423. The molecule has 84 valence electrons. The van der Waals surface area contributed by atoms with Crippen LogP contribution >= 0.6 is 0 Å². The first-order valence-corrected chi connectivity index (χ1v) is 5.27. The topological polar surface area (TPSA) is 20.3 Å². The molecule has 1 aromatic carbocycles. The summed E-state index contributed by atoms with van der Waals surface area (Å²) < 4.78 is 0. The molecule has 2 heteroatoms. The molecular weight excluding hydrogens is 186 g/mol. The van der Waals surface area contributed by atoms with E-state index in [1.54, 1.807) is 0 Å². The lowest BCUT2D eigenvalue weighted by atomic mass is 10.1. The van der Waals surface area contributed by atoms with Gasteiger partial charge in [-0.2, -0.15) is 0 Å². The van der Waals surface area contributed by atoms with Crippen molar-refractivity contribution in [3.8, 4) is 0 Å². The van der Waals surface area contributed by atoms with Gasteiger partial charge in [-0.3, -0.25) is 4.79 Å². The van der Waals surface area contributed by atoms with Gasteiger partial charge in [-0.1, -0.05) is 37.3 Å². The highest BCUT2D eigenvalue weighted by molar-refractivity contribution is 5.95. The Labute approximate surface area is 92.9 Å². The maximum Gasteiger partial charge on any atom is 0.162 e. The Morgan fingerprint density at radius 2 is 1.60 bits per heavy atom. The van der Waals surface area contributed by atoms with E-state index in [0.717, 1.165) is 12.0 Å². The molecule has 0 aliphatic carbocycles. The molecule has 0 atom stereocenters. The van der Waals surface area contributed by atoms with Crippen molar-refractivity contribution < 1.29 is 4.79 Å². The molecule has 0 spiro atoms. The van der Waals surface area contributed by atoms with Crippen molar-refractivity contribution in [3.63, 3.8) is 0 Å². The van der Waals surface area contributed by atoms with Crippen LogP contribution in [0.1, 0.15) is 30.1 Å². The lowest BCUT2D eigenvalue weighted by molar-refractivity contribution is 0.0982. The molecule has 0 heterocycles. The molecule has 0 fully saturated rings. The third kappa shape index (κ3) is 7.89. The summed E-state index contributed by atoms with van der Waals surface area (Å²) in [6.45, 7) is 2.01. The van der Waals surface area contributed by atoms with E-state index in [2.05, 4.69) is 0 Å². The van der Waals surface area contributed by atoms with Gasteiger partial charge < -0.3 is 4.90 Å². The third-order valence-electron chi connectivity index (χ3n) is 1.57. The SMILES string of the molecule is CCCC(=O)c1ccccc1.CN(C)C. The van der Waals surface area contributed by atoms with Gasteiger partial charge in [-0.25, -0.2) is 0 Å². The van der Waals surface area contributed by atoms with E-state index in [9.17, 15) is 4.79 Å². The molecule has 2 nitrogen and oxygen atoms in total. The molecule has 1 aromatic rings. The molecule has 0 amide bonds. The Morgan fingerprint density at radius 1 is 1.13 bits per heavy atom. The van der Waals surface area contributed by atoms with Gasteiger partial charge in [0, 0.05) is 12.0 Å². The Bertz CT molecular complexity index is 264. The van der Waals surface area contributed by atoms with Crippen LogP contribution in [0.4, 0.5) is 0 Å². The summed E-state index contributed by atoms with van der Waals surface area (Å²) in [5.74, 6) is 0.244. The summed E-state index contributed by atoms with van der Waals surface area (Å²) in [5.41, 5.74) is 0.828. The molecule has 0 saturated heterocycles. The average Bonchev–Trinajstić information content (AvgIpc) is 2.19. The Morgan fingerprint density at radius 3 is 2.00 bits per heavy atom. The smallest absolute Gasteiger partial charge is 0.162 e. The molecule has 0 aliphatic rings. The van der Waals surface area contributed by atoms with Gasteiger partial charge in [-0.15, -0.1) is 0 Å². The van der Waals surface area contributed by atoms with Crippen LogP contribution in [0.15, 0.2) is 30.3 Å². The molecule has 0 N–H and O–H groups in total. The first-order valence-electron chi connectivity index (χ1n) is 5.27. The third-order valence-corrected chi connectivity index (χ3v) is 1.57. The fourth-order valence-corrected chi connectivity index (χ4v) is 0.995. The number of Topliss-reactive ketones (excluding diaryl/α,β-unsaturated/α-hetero) is 1. The van der Waals surface area contributed by atoms with Gasteiger partial charge in [0.15, 0.2) is 5.78 Å². The number of hydrogen-bond acceptors (Lipinski definition) is 2. The minimum Gasteiger partial charge on any atom is -0.312 e. The summed E-state index contributed by atoms with van der Waals surface area (Å²) in [7, 11) is 6.00. The number of carbonyl (C=O) groups is 1. The van der Waals surface area contributed by atoms with Crippen molar-refractivity contribution in [2.24, 2.45) is 0 Å². The predicted molar refractivity (Wildman–Crippen MR) is 65.3 cm³/mol. The summed E-state index contributed by atoms with van der Waals surface area (Å²) in [4.78, 5) is 13.2. The summed E-state index contributed by atoms with van der Waals surface area (Å²) in [5, 5.41) is 0. The molecule has 15 heavy (non-hydrogen) atoms. The van der Waals surface area contributed by atoms with Crippen LogP contribution in [-0.4, -0.2) is 31.8 Å². The van der Waals surface area contributed by atoms with Gasteiger partial charge in [-0.05, 0) is 27.6 Å². The van der Waals surface area contributed by atoms with Crippen molar-refractivity contribution in [1.82, 2.24) is 4.90 Å². The number of benzene rings is 1. The Kier molecular flexibility index (Phi) is 7.56. The summed E-state index contributed by atoms with van der Waals surface area (Å²) >= 11 is 0. The number of nitrogens with zero attached hydrogens (tertiary/aromatic N) is 1. The maximum absolute atomic E-state index is 11.2. The van der Waals surface area contributed by atoms with Gasteiger partial charge in [0.2, 0.25) is 0 Å². The van der Waals surface area contributed by atoms with E-state index in [4.69, 9.17) is 0 Å². The summed E-state index contributed by atoms with van der Waals surface area (Å²) in [6.07, 6.45) is 1.58. The fourth-order valence-electron chi connectivity index (χ4n) is 0.995. The standard InChI is InChI=1S/C10H12O.C3H9N/c1-2-6-10(11)9-7-4-3-5-8-9;1-4(2)3/h3-5,7-8H,2,6H2,1H3;1-3H3. The van der Waals surface area contributed by atoms with Crippen molar-refractivity contribution in [2.75, 3.05) is 21.1 Å². The van der Waals surface area contributed by atoms with Gasteiger partial charge in [0.05, 0.1) is 0 Å². The number of ketones is 1. The number of carbonyl (C=O) groups excluding carboxylic acids is 1. The molecule has 1 rings (SSSR count). The average molecular weight is 207 g/mol. The zero-order chi connectivity index (χ0) is 11.7. The zero-order valence-electron chi connectivity index (χ0n) is 10.2. The molecule has 0 radical (unpaired) electrons. The van der Waals surface area contributed by atoms with E-state index in [1.165, 1.54) is 0 Å². The van der Waals surface area contributed by atoms with Crippen LogP contribution in [0.2, 0.25) is 0 Å². The van der Waals surface area contributed by atoms with Crippen LogP contribution in [0.25, 0.3) is 0 Å². The Hall–Kier alpha value is -1.15. The van der Waals surface area contributed by atoms with Crippen LogP contribution in [0.3, 0.4) is 0 Å². The van der Waals surface area contributed by atoms with Crippen LogP contribution < -0.4 is 0 Å². The highest BCUT2D eigenvalue weighted by Gasteiger charge is 2.01. The highest BCUT2D eigenvalue weighted by atomic mass is 16.1. The zero-order valence-corrected chi connectivity index (χ0v) is 10.2. The molecule has 0 saturated carbocycles. The molecule has 0 aromatic heterocycles. The van der Waals surface area contributed by atoms with E-state index in [-0.39, 0.29) is 5.78 Å². The van der Waals surface area contributed by atoms with E-state index in [1.807, 2.05) is 63.3 Å². The first-order chi connectivity index (χ1) is 7.07. The fraction of sp³-hybridized carbons (Fsp3) is 0.462. The maximum atomic E-state index is 11.2. The lowest BCUT2D eigenvalue weighted by Crippen LogP contribution is -1.99.